The lowest BCUT2D eigenvalue weighted by molar-refractivity contribution is 0.0513. The van der Waals surface area contributed by atoms with Crippen molar-refractivity contribution in [3.8, 4) is 0 Å². The van der Waals surface area contributed by atoms with E-state index in [0.29, 0.717) is 17.5 Å². The molecule has 0 saturated heterocycles. The van der Waals surface area contributed by atoms with Gasteiger partial charge in [0.05, 0.1) is 5.56 Å². The first-order chi connectivity index (χ1) is 12.4. The van der Waals surface area contributed by atoms with Gasteiger partial charge in [-0.1, -0.05) is 29.8 Å². The van der Waals surface area contributed by atoms with Gasteiger partial charge in [-0.15, -0.1) is 11.8 Å². The molecule has 0 radical (unpaired) electrons. The van der Waals surface area contributed by atoms with E-state index in [9.17, 15) is 9.59 Å². The van der Waals surface area contributed by atoms with Gasteiger partial charge in [0, 0.05) is 10.5 Å². The molecule has 0 heterocycles. The average molecular weight is 369 g/mol. The highest BCUT2D eigenvalue weighted by Gasteiger charge is 2.17. The molecule has 0 bridgehead atoms. The Morgan fingerprint density at radius 3 is 2.12 bits per heavy atom. The zero-order chi connectivity index (χ0) is 19.3. The third kappa shape index (κ3) is 4.61. The molecule has 0 atom stereocenters. The molecule has 0 aromatic heterocycles. The quantitative estimate of drug-likeness (QED) is 0.233. The summed E-state index contributed by atoms with van der Waals surface area (Å²) >= 11 is 1.61. The van der Waals surface area contributed by atoms with Gasteiger partial charge in [-0.25, -0.2) is 4.79 Å². The van der Waals surface area contributed by atoms with Crippen LogP contribution in [0.1, 0.15) is 50.8 Å². The molecule has 0 unspecified atom stereocenters. The molecule has 0 saturated carbocycles. The van der Waals surface area contributed by atoms with Crippen LogP contribution in [-0.2, 0) is 4.84 Å². The van der Waals surface area contributed by atoms with E-state index in [1.165, 1.54) is 0 Å². The van der Waals surface area contributed by atoms with Gasteiger partial charge in [-0.2, -0.15) is 0 Å². The molecule has 0 amide bonds. The molecule has 0 aliphatic rings. The molecule has 0 N–H and O–H groups in total. The number of hydrogen-bond donors (Lipinski definition) is 0. The minimum atomic E-state index is -0.545. The number of carbonyl (C=O) groups excluding carboxylic acids is 2. The summed E-state index contributed by atoms with van der Waals surface area (Å²) in [5, 5.41) is 3.85. The van der Waals surface area contributed by atoms with Crippen molar-refractivity contribution in [1.82, 2.24) is 0 Å². The van der Waals surface area contributed by atoms with Crippen LogP contribution in [0.5, 0.6) is 0 Å². The average Bonchev–Trinajstić information content (AvgIpc) is 2.61. The van der Waals surface area contributed by atoms with Crippen LogP contribution in [-0.4, -0.2) is 23.7 Å². The van der Waals surface area contributed by atoms with Gasteiger partial charge in [0.25, 0.3) is 0 Å². The molecule has 26 heavy (non-hydrogen) atoms. The molecular formula is C21H23NO3S. The Labute approximate surface area is 158 Å². The van der Waals surface area contributed by atoms with E-state index in [4.69, 9.17) is 4.84 Å². The number of carbonyl (C=O) groups is 2. The van der Waals surface area contributed by atoms with Crippen molar-refractivity contribution in [2.24, 2.45) is 5.16 Å². The Morgan fingerprint density at radius 2 is 1.62 bits per heavy atom. The number of Topliss-reactive ketones (excluding diaryl/α,β-unsaturated/α-hetero) is 1. The molecule has 2 rings (SSSR count). The van der Waals surface area contributed by atoms with Gasteiger partial charge in [-0.05, 0) is 68.8 Å². The van der Waals surface area contributed by atoms with Crippen molar-refractivity contribution < 1.29 is 14.4 Å². The van der Waals surface area contributed by atoms with Crippen molar-refractivity contribution in [1.29, 1.82) is 0 Å². The van der Waals surface area contributed by atoms with Gasteiger partial charge in [0.15, 0.2) is 0 Å². The monoisotopic (exact) mass is 369 g/mol. The predicted molar refractivity (Wildman–Crippen MR) is 106 cm³/mol. The minimum Gasteiger partial charge on any atom is -0.312 e. The van der Waals surface area contributed by atoms with Crippen LogP contribution in [0, 0.1) is 20.8 Å². The summed E-state index contributed by atoms with van der Waals surface area (Å²) in [6, 6.07) is 11.1. The van der Waals surface area contributed by atoms with E-state index >= 15 is 0 Å². The van der Waals surface area contributed by atoms with Gasteiger partial charge < -0.3 is 4.84 Å². The largest absolute Gasteiger partial charge is 0.366 e. The van der Waals surface area contributed by atoms with Gasteiger partial charge in [0.2, 0.25) is 5.78 Å². The van der Waals surface area contributed by atoms with Crippen LogP contribution < -0.4 is 0 Å². The maximum Gasteiger partial charge on any atom is 0.366 e. The van der Waals surface area contributed by atoms with Crippen LogP contribution in [0.25, 0.3) is 0 Å². The van der Waals surface area contributed by atoms with Gasteiger partial charge in [0.1, 0.15) is 5.71 Å². The zero-order valence-corrected chi connectivity index (χ0v) is 16.6. The number of rotatable bonds is 6. The fraction of sp³-hybridized carbons (Fsp3) is 0.286. The number of thioether (sulfide) groups is 1. The number of hydrogen-bond acceptors (Lipinski definition) is 5. The maximum absolute atomic E-state index is 12.6. The van der Waals surface area contributed by atoms with E-state index in [-0.39, 0.29) is 11.5 Å². The third-order valence-corrected chi connectivity index (χ3v) is 4.81. The fourth-order valence-corrected chi connectivity index (χ4v) is 3.23. The lowest BCUT2D eigenvalue weighted by atomic mass is 10.0. The summed E-state index contributed by atoms with van der Waals surface area (Å²) in [7, 11) is 0. The summed E-state index contributed by atoms with van der Waals surface area (Å²) in [4.78, 5) is 31.2. The highest BCUT2D eigenvalue weighted by molar-refractivity contribution is 7.98. The number of nitrogens with zero attached hydrogens (tertiary/aromatic N) is 1. The van der Waals surface area contributed by atoms with Crippen molar-refractivity contribution in [3.63, 3.8) is 0 Å². The molecule has 2 aromatic rings. The molecule has 0 fully saturated rings. The normalized spacial score (nSPS) is 11.3. The second kappa shape index (κ2) is 8.81. The van der Waals surface area contributed by atoms with Crippen LogP contribution in [0.3, 0.4) is 0 Å². The van der Waals surface area contributed by atoms with Crippen LogP contribution in [0.2, 0.25) is 0 Å². The number of oxime groups is 1. The Morgan fingerprint density at radius 1 is 1.04 bits per heavy atom. The first kappa shape index (κ1) is 19.9. The van der Waals surface area contributed by atoms with E-state index in [0.717, 1.165) is 21.6 Å². The van der Waals surface area contributed by atoms with Crippen molar-refractivity contribution in [2.45, 2.75) is 39.0 Å². The van der Waals surface area contributed by atoms with Crippen molar-refractivity contribution in [2.75, 3.05) is 6.26 Å². The molecule has 2 aromatic carbocycles. The summed E-state index contributed by atoms with van der Waals surface area (Å²) in [6.07, 6.45) is 2.35. The fourth-order valence-electron chi connectivity index (χ4n) is 2.82. The van der Waals surface area contributed by atoms with Gasteiger partial charge in [-0.3, -0.25) is 4.79 Å². The van der Waals surface area contributed by atoms with Gasteiger partial charge >= 0.3 is 5.97 Å². The second-order valence-electron chi connectivity index (χ2n) is 6.10. The Bertz CT molecular complexity index is 831. The lowest BCUT2D eigenvalue weighted by Crippen LogP contribution is -2.16. The molecule has 5 heteroatoms. The zero-order valence-electron chi connectivity index (χ0n) is 15.8. The first-order valence-corrected chi connectivity index (χ1v) is 9.64. The molecular weight excluding hydrogens is 346 g/mol. The number of aryl methyl sites for hydroxylation is 3. The number of benzene rings is 2. The van der Waals surface area contributed by atoms with E-state index in [2.05, 4.69) is 5.16 Å². The third-order valence-electron chi connectivity index (χ3n) is 4.07. The van der Waals surface area contributed by atoms with E-state index in [1.807, 2.05) is 58.2 Å². The summed E-state index contributed by atoms with van der Waals surface area (Å²) in [5.74, 6) is -0.776. The van der Waals surface area contributed by atoms with Crippen LogP contribution in [0.15, 0.2) is 46.4 Å². The van der Waals surface area contributed by atoms with Crippen LogP contribution in [0.4, 0.5) is 0 Å². The standard InChI is InChI=1S/C21H23NO3S/c1-6-18(20(23)16-7-9-17(26-5)10-8-16)22-25-21(24)19-14(3)11-13(2)12-15(19)4/h7-12H,6H2,1-5H3/b22-18+. The summed E-state index contributed by atoms with van der Waals surface area (Å²) in [5.41, 5.74) is 3.99. The van der Waals surface area contributed by atoms with E-state index in [1.54, 1.807) is 23.9 Å². The van der Waals surface area contributed by atoms with E-state index < -0.39 is 5.97 Å². The lowest BCUT2D eigenvalue weighted by Gasteiger charge is -2.09. The molecule has 0 aliphatic carbocycles. The van der Waals surface area contributed by atoms with Crippen molar-refractivity contribution in [3.05, 3.63) is 64.2 Å². The predicted octanol–water partition coefficient (Wildman–Crippen LogP) is 5.14. The molecule has 4 nitrogen and oxygen atoms in total. The maximum atomic E-state index is 12.6. The molecule has 136 valence electrons. The minimum absolute atomic E-state index is 0.220. The second-order valence-corrected chi connectivity index (χ2v) is 6.98. The Balaban J connectivity index is 2.20. The smallest absolute Gasteiger partial charge is 0.312 e. The van der Waals surface area contributed by atoms with Crippen molar-refractivity contribution >= 4 is 29.2 Å². The molecule has 0 aliphatic heterocycles. The topological polar surface area (TPSA) is 55.7 Å². The highest BCUT2D eigenvalue weighted by atomic mass is 32.2. The highest BCUT2D eigenvalue weighted by Crippen LogP contribution is 2.18. The Hall–Kier alpha value is -2.40. The summed E-state index contributed by atoms with van der Waals surface area (Å²) < 4.78 is 0. The number of ketones is 1. The summed E-state index contributed by atoms with van der Waals surface area (Å²) in [6.45, 7) is 7.51. The SMILES string of the molecule is CC/C(=N\OC(=O)c1c(C)cc(C)cc1C)C(=O)c1ccc(SC)cc1. The first-order valence-electron chi connectivity index (χ1n) is 8.42. The Kier molecular flexibility index (Phi) is 6.75. The molecule has 0 spiro atoms. The van der Waals surface area contributed by atoms with Crippen LogP contribution >= 0.6 is 11.8 Å².